The molecule has 108 valence electrons. The lowest BCUT2D eigenvalue weighted by molar-refractivity contribution is 0.225. The van der Waals surface area contributed by atoms with Gasteiger partial charge in [0.25, 0.3) is 0 Å². The van der Waals surface area contributed by atoms with Crippen LogP contribution in [0.4, 0.5) is 0 Å². The Bertz CT molecular complexity index is 524. The van der Waals surface area contributed by atoms with Gasteiger partial charge in [0.2, 0.25) is 0 Å². The number of hydrogen-bond donors (Lipinski definition) is 0. The monoisotopic (exact) mass is 270 g/mol. The van der Waals surface area contributed by atoms with Gasteiger partial charge in [0.05, 0.1) is 0 Å². The van der Waals surface area contributed by atoms with E-state index in [0.29, 0.717) is 0 Å². The second kappa shape index (κ2) is 4.84. The molecule has 4 aliphatic rings. The summed E-state index contributed by atoms with van der Waals surface area (Å²) >= 11 is 0. The van der Waals surface area contributed by atoms with Gasteiger partial charge in [0.15, 0.2) is 0 Å². The summed E-state index contributed by atoms with van der Waals surface area (Å²) in [4.78, 5) is 7.46. The van der Waals surface area contributed by atoms with Crippen molar-refractivity contribution >= 4 is 5.71 Å². The van der Waals surface area contributed by atoms with Gasteiger partial charge < -0.3 is 0 Å². The SMILES string of the molecule is CCCC1CC2=C(CN1C)C1=C3C(=NCC3C2)CCC1. The Kier molecular flexibility index (Phi) is 3.10. The highest BCUT2D eigenvalue weighted by molar-refractivity contribution is 6.04. The van der Waals surface area contributed by atoms with Crippen molar-refractivity contribution in [2.75, 3.05) is 20.1 Å². The molecule has 0 aromatic heterocycles. The topological polar surface area (TPSA) is 15.6 Å². The zero-order valence-corrected chi connectivity index (χ0v) is 12.9. The number of aliphatic imine (C=N–C) groups is 1. The van der Waals surface area contributed by atoms with Crippen LogP contribution in [-0.4, -0.2) is 36.8 Å². The van der Waals surface area contributed by atoms with E-state index < -0.39 is 0 Å². The van der Waals surface area contributed by atoms with E-state index in [1.54, 1.807) is 22.3 Å². The lowest BCUT2D eigenvalue weighted by atomic mass is 9.71. The van der Waals surface area contributed by atoms with Crippen molar-refractivity contribution in [3.8, 4) is 0 Å². The first kappa shape index (κ1) is 12.8. The molecule has 0 saturated heterocycles. The lowest BCUT2D eigenvalue weighted by Crippen LogP contribution is -2.40. The van der Waals surface area contributed by atoms with Crippen LogP contribution in [0.3, 0.4) is 0 Å². The van der Waals surface area contributed by atoms with Gasteiger partial charge in [-0.3, -0.25) is 9.89 Å². The second-order valence-electron chi connectivity index (χ2n) is 7.08. The van der Waals surface area contributed by atoms with Gasteiger partial charge in [0.1, 0.15) is 0 Å². The summed E-state index contributed by atoms with van der Waals surface area (Å²) in [7, 11) is 2.33. The van der Waals surface area contributed by atoms with Gasteiger partial charge in [-0.2, -0.15) is 0 Å². The summed E-state index contributed by atoms with van der Waals surface area (Å²) in [5, 5.41) is 0. The first-order chi connectivity index (χ1) is 9.78. The third-order valence-electron chi connectivity index (χ3n) is 5.81. The van der Waals surface area contributed by atoms with Gasteiger partial charge in [-0.15, -0.1) is 0 Å². The fraction of sp³-hybridized carbons (Fsp3) is 0.722. The van der Waals surface area contributed by atoms with E-state index in [9.17, 15) is 0 Å². The molecule has 2 nitrogen and oxygen atoms in total. The standard InChI is InChI=1S/C18H26N2/c1-3-5-14-9-12-8-13-10-19-17-7-4-6-15(18(13)17)16(12)11-20(14)2/h13-14H,3-11H2,1-2H3. The van der Waals surface area contributed by atoms with Crippen molar-refractivity contribution in [3.63, 3.8) is 0 Å². The lowest BCUT2D eigenvalue weighted by Gasteiger charge is -2.41. The predicted octanol–water partition coefficient (Wildman–Crippen LogP) is 3.74. The van der Waals surface area contributed by atoms with E-state index in [0.717, 1.165) is 18.5 Å². The third-order valence-corrected chi connectivity index (χ3v) is 5.81. The number of nitrogens with zero attached hydrogens (tertiary/aromatic N) is 2. The van der Waals surface area contributed by atoms with E-state index in [1.165, 1.54) is 57.2 Å². The third kappa shape index (κ3) is 1.84. The molecule has 0 amide bonds. The maximum atomic E-state index is 4.85. The van der Waals surface area contributed by atoms with Crippen LogP contribution in [0.25, 0.3) is 0 Å². The first-order valence-corrected chi connectivity index (χ1v) is 8.46. The minimum atomic E-state index is 0.754. The molecule has 0 aromatic carbocycles. The molecule has 0 radical (unpaired) electrons. The maximum absolute atomic E-state index is 4.85. The van der Waals surface area contributed by atoms with E-state index in [2.05, 4.69) is 18.9 Å². The largest absolute Gasteiger partial charge is 0.299 e. The molecule has 2 aliphatic heterocycles. The Hall–Kier alpha value is -0.890. The quantitative estimate of drug-likeness (QED) is 0.746. The molecule has 0 saturated carbocycles. The molecular formula is C18H26N2. The molecule has 0 N–H and O–H groups in total. The normalized spacial score (nSPS) is 33.2. The summed E-state index contributed by atoms with van der Waals surface area (Å²) in [6, 6.07) is 0.784. The second-order valence-corrected chi connectivity index (χ2v) is 7.08. The van der Waals surface area contributed by atoms with Crippen LogP contribution in [0.15, 0.2) is 27.3 Å². The van der Waals surface area contributed by atoms with Crippen molar-refractivity contribution in [2.24, 2.45) is 10.9 Å². The zero-order chi connectivity index (χ0) is 13.7. The fourth-order valence-corrected chi connectivity index (χ4v) is 4.84. The number of rotatable bonds is 2. The summed E-state index contributed by atoms with van der Waals surface area (Å²) in [5.74, 6) is 0.754. The fourth-order valence-electron chi connectivity index (χ4n) is 4.84. The minimum absolute atomic E-state index is 0.754. The van der Waals surface area contributed by atoms with Crippen molar-refractivity contribution in [3.05, 3.63) is 22.3 Å². The minimum Gasteiger partial charge on any atom is -0.299 e. The zero-order valence-electron chi connectivity index (χ0n) is 12.9. The Morgan fingerprint density at radius 2 is 2.10 bits per heavy atom. The van der Waals surface area contributed by atoms with E-state index in [-0.39, 0.29) is 0 Å². The molecule has 20 heavy (non-hydrogen) atoms. The van der Waals surface area contributed by atoms with Crippen molar-refractivity contribution in [2.45, 2.75) is 57.9 Å². The van der Waals surface area contributed by atoms with Gasteiger partial charge >= 0.3 is 0 Å². The molecule has 2 aliphatic carbocycles. The number of hydrogen-bond acceptors (Lipinski definition) is 2. The molecular weight excluding hydrogens is 244 g/mol. The molecule has 0 aromatic rings. The molecule has 2 heterocycles. The Labute approximate surface area is 122 Å². The molecule has 2 unspecified atom stereocenters. The molecule has 0 fully saturated rings. The first-order valence-electron chi connectivity index (χ1n) is 8.46. The molecule has 2 heteroatoms. The summed E-state index contributed by atoms with van der Waals surface area (Å²) in [6.07, 6.45) is 9.18. The summed E-state index contributed by atoms with van der Waals surface area (Å²) in [6.45, 7) is 4.59. The van der Waals surface area contributed by atoms with Crippen LogP contribution in [-0.2, 0) is 0 Å². The highest BCUT2D eigenvalue weighted by atomic mass is 15.1. The molecule has 4 rings (SSSR count). The Morgan fingerprint density at radius 3 is 2.95 bits per heavy atom. The van der Waals surface area contributed by atoms with Crippen molar-refractivity contribution in [1.82, 2.24) is 4.90 Å². The van der Waals surface area contributed by atoms with Crippen molar-refractivity contribution < 1.29 is 0 Å². The Balaban J connectivity index is 1.71. The van der Waals surface area contributed by atoms with E-state index in [4.69, 9.17) is 4.99 Å². The highest BCUT2D eigenvalue weighted by Gasteiger charge is 2.39. The predicted molar refractivity (Wildman–Crippen MR) is 84.3 cm³/mol. The number of likely N-dealkylation sites (N-methyl/N-ethyl adjacent to an activating group) is 1. The summed E-state index contributed by atoms with van der Waals surface area (Å²) in [5.41, 5.74) is 8.41. The van der Waals surface area contributed by atoms with Crippen LogP contribution in [0.5, 0.6) is 0 Å². The van der Waals surface area contributed by atoms with Gasteiger partial charge in [-0.05, 0) is 62.3 Å². The molecule has 0 bridgehead atoms. The van der Waals surface area contributed by atoms with Crippen molar-refractivity contribution in [1.29, 1.82) is 0 Å². The van der Waals surface area contributed by atoms with Gasteiger partial charge in [-0.1, -0.05) is 18.9 Å². The van der Waals surface area contributed by atoms with E-state index in [1.807, 2.05) is 0 Å². The van der Waals surface area contributed by atoms with Crippen LogP contribution >= 0.6 is 0 Å². The van der Waals surface area contributed by atoms with Crippen LogP contribution in [0, 0.1) is 5.92 Å². The van der Waals surface area contributed by atoms with Gasteiger partial charge in [-0.25, -0.2) is 0 Å². The van der Waals surface area contributed by atoms with E-state index >= 15 is 0 Å². The molecule has 2 atom stereocenters. The van der Waals surface area contributed by atoms with Crippen LogP contribution in [0.1, 0.15) is 51.9 Å². The average Bonchev–Trinajstić information content (AvgIpc) is 2.86. The highest BCUT2D eigenvalue weighted by Crippen LogP contribution is 2.47. The number of fused-ring (bicyclic) bond motifs is 1. The smallest absolute Gasteiger partial charge is 0.0465 e. The average molecular weight is 270 g/mol. The Morgan fingerprint density at radius 1 is 1.20 bits per heavy atom. The maximum Gasteiger partial charge on any atom is 0.0465 e. The van der Waals surface area contributed by atoms with Gasteiger partial charge in [0, 0.05) is 30.8 Å². The molecule has 0 spiro atoms. The van der Waals surface area contributed by atoms with Crippen LogP contribution in [0.2, 0.25) is 0 Å². The van der Waals surface area contributed by atoms with Crippen LogP contribution < -0.4 is 0 Å². The summed E-state index contributed by atoms with van der Waals surface area (Å²) < 4.78 is 0.